The Hall–Kier alpha value is -3.48. The highest BCUT2D eigenvalue weighted by molar-refractivity contribution is 5.97. The number of benzene rings is 2. The first-order chi connectivity index (χ1) is 16.5. The van der Waals surface area contributed by atoms with Gasteiger partial charge in [-0.2, -0.15) is 15.4 Å². The summed E-state index contributed by atoms with van der Waals surface area (Å²) in [7, 11) is 0. The summed E-state index contributed by atoms with van der Waals surface area (Å²) in [5, 5.41) is 10.7. The molecule has 0 spiro atoms. The van der Waals surface area contributed by atoms with Crippen LogP contribution in [0.2, 0.25) is 0 Å². The molecule has 3 heterocycles. The lowest BCUT2D eigenvalue weighted by molar-refractivity contribution is -0.126. The second-order valence-electron chi connectivity index (χ2n) is 9.78. The lowest BCUT2D eigenvalue weighted by Gasteiger charge is -2.21. The Kier molecular flexibility index (Phi) is 6.18. The molecule has 2 unspecified atom stereocenters. The number of likely N-dealkylation sites (tertiary alicyclic amines) is 2. The van der Waals surface area contributed by atoms with Crippen LogP contribution >= 0.6 is 0 Å². The van der Waals surface area contributed by atoms with E-state index in [4.69, 9.17) is 0 Å². The van der Waals surface area contributed by atoms with E-state index in [0.717, 1.165) is 50.1 Å². The van der Waals surface area contributed by atoms with Crippen LogP contribution in [-0.4, -0.2) is 63.2 Å². The maximum absolute atomic E-state index is 13.1. The van der Waals surface area contributed by atoms with Gasteiger partial charge in [0.15, 0.2) is 0 Å². The molecule has 7 heteroatoms. The topological polar surface area (TPSA) is 82.2 Å². The first-order valence-corrected chi connectivity index (χ1v) is 12.2. The van der Waals surface area contributed by atoms with Gasteiger partial charge in [0, 0.05) is 37.8 Å². The number of nitrogens with one attached hydrogen (secondary N) is 1. The Bertz CT molecular complexity index is 1210. The number of aromatic amines is 1. The van der Waals surface area contributed by atoms with Gasteiger partial charge in [0.1, 0.15) is 11.0 Å². The number of carbonyl (C=O) groups excluding carboxylic acids is 2. The fraction of sp³-hybridized carbons (Fsp3) is 0.407. The molecule has 2 aliphatic heterocycles. The molecule has 1 aromatic heterocycles. The van der Waals surface area contributed by atoms with E-state index in [2.05, 4.69) is 41.4 Å². The van der Waals surface area contributed by atoms with Crippen molar-refractivity contribution in [1.29, 1.82) is 0 Å². The summed E-state index contributed by atoms with van der Waals surface area (Å²) in [6.07, 6.45) is 5.53. The molecular weight excluding hydrogens is 426 g/mol. The van der Waals surface area contributed by atoms with Crippen LogP contribution in [0.25, 0.3) is 17.1 Å². The zero-order chi connectivity index (χ0) is 23.7. The molecule has 34 heavy (non-hydrogen) atoms. The van der Waals surface area contributed by atoms with Gasteiger partial charge in [0.2, 0.25) is 5.91 Å². The molecule has 0 aliphatic carbocycles. The first kappa shape index (κ1) is 22.3. The summed E-state index contributed by atoms with van der Waals surface area (Å²) in [6, 6.07) is 13.7. The molecule has 2 fully saturated rings. The third-order valence-electron chi connectivity index (χ3n) is 7.30. The second-order valence-corrected chi connectivity index (χ2v) is 9.78. The van der Waals surface area contributed by atoms with Crippen molar-refractivity contribution in [2.24, 2.45) is 11.8 Å². The molecule has 7 nitrogen and oxygen atoms in total. The molecule has 2 atom stereocenters. The van der Waals surface area contributed by atoms with E-state index in [-0.39, 0.29) is 11.8 Å². The number of fused-ring (bicyclic) bond motifs is 2. The Labute approximate surface area is 199 Å². The van der Waals surface area contributed by atoms with Crippen molar-refractivity contribution in [3.63, 3.8) is 0 Å². The van der Waals surface area contributed by atoms with Crippen LogP contribution in [0, 0.1) is 11.8 Å². The predicted octanol–water partition coefficient (Wildman–Crippen LogP) is 4.11. The first-order valence-electron chi connectivity index (χ1n) is 12.2. The number of carbonyl (C=O) groups is 2. The van der Waals surface area contributed by atoms with Crippen LogP contribution in [0.1, 0.15) is 54.1 Å². The smallest absolute Gasteiger partial charge is 0.253 e. The minimum absolute atomic E-state index is 0.0534. The van der Waals surface area contributed by atoms with E-state index >= 15 is 0 Å². The van der Waals surface area contributed by atoms with Gasteiger partial charge in [-0.25, -0.2) is 0 Å². The van der Waals surface area contributed by atoms with Gasteiger partial charge in [0.25, 0.3) is 5.91 Å². The summed E-state index contributed by atoms with van der Waals surface area (Å²) in [5.41, 5.74) is 4.48. The number of H-pyrrole nitrogens is 1. The van der Waals surface area contributed by atoms with Crippen LogP contribution in [0.4, 0.5) is 0 Å². The molecule has 3 aromatic rings. The maximum atomic E-state index is 13.1. The molecule has 2 amide bonds. The molecule has 5 rings (SSSR count). The van der Waals surface area contributed by atoms with Crippen molar-refractivity contribution < 1.29 is 9.59 Å². The largest absolute Gasteiger partial charge is 0.339 e. The van der Waals surface area contributed by atoms with Gasteiger partial charge in [-0.3, -0.25) is 9.59 Å². The fourth-order valence-corrected chi connectivity index (χ4v) is 5.34. The van der Waals surface area contributed by atoms with Gasteiger partial charge >= 0.3 is 0 Å². The molecule has 1 N–H and O–H groups in total. The van der Waals surface area contributed by atoms with E-state index in [1.165, 1.54) is 5.56 Å². The van der Waals surface area contributed by atoms with Crippen LogP contribution in [0.15, 0.2) is 48.5 Å². The quantitative estimate of drug-likeness (QED) is 0.598. The zero-order valence-corrected chi connectivity index (χ0v) is 19.8. The normalized spacial score (nSPS) is 20.8. The van der Waals surface area contributed by atoms with Crippen molar-refractivity contribution >= 4 is 28.9 Å². The summed E-state index contributed by atoms with van der Waals surface area (Å²) in [5.74, 6) is 1.41. The molecule has 0 bridgehead atoms. The van der Waals surface area contributed by atoms with E-state index < -0.39 is 0 Å². The van der Waals surface area contributed by atoms with Crippen LogP contribution in [0.5, 0.6) is 0 Å². The van der Waals surface area contributed by atoms with Gasteiger partial charge in [0.05, 0.1) is 0 Å². The third kappa shape index (κ3) is 4.47. The Morgan fingerprint density at radius 3 is 2.41 bits per heavy atom. The number of hydrogen-bond acceptors (Lipinski definition) is 4. The van der Waals surface area contributed by atoms with Gasteiger partial charge in [-0.1, -0.05) is 38.1 Å². The number of aromatic nitrogens is 3. The molecule has 0 saturated carbocycles. The molecule has 2 saturated heterocycles. The minimum atomic E-state index is 0.0534. The molecule has 176 valence electrons. The lowest BCUT2D eigenvalue weighted by Crippen LogP contribution is -2.33. The maximum Gasteiger partial charge on any atom is 0.253 e. The van der Waals surface area contributed by atoms with Crippen LogP contribution < -0.4 is 0 Å². The van der Waals surface area contributed by atoms with E-state index in [1.54, 1.807) is 12.1 Å². The van der Waals surface area contributed by atoms with E-state index in [9.17, 15) is 9.59 Å². The monoisotopic (exact) mass is 457 g/mol. The standard InChI is InChI=1S/C27H31N5O2/c1-18(2)23-6-4-3-5-19(23)8-10-26(33)31-13-11-21-16-32(17-22(21)12-14-31)27(34)20-7-9-24-25(15-20)29-30-28-24/h3-10,15,18,21-22H,11-14,16-17H2,1-2H3,(H,28,29,30)/b10-8+. The van der Waals surface area contributed by atoms with Crippen molar-refractivity contribution in [3.05, 3.63) is 65.2 Å². The highest BCUT2D eigenvalue weighted by Gasteiger charge is 2.37. The van der Waals surface area contributed by atoms with E-state index in [0.29, 0.717) is 28.8 Å². The highest BCUT2D eigenvalue weighted by Crippen LogP contribution is 2.33. The summed E-state index contributed by atoms with van der Waals surface area (Å²) in [6.45, 7) is 7.32. The fourth-order valence-electron chi connectivity index (χ4n) is 5.34. The number of nitrogens with zero attached hydrogens (tertiary/aromatic N) is 4. The summed E-state index contributed by atoms with van der Waals surface area (Å²) >= 11 is 0. The predicted molar refractivity (Wildman–Crippen MR) is 132 cm³/mol. The van der Waals surface area contributed by atoms with E-state index in [1.807, 2.05) is 40.1 Å². The van der Waals surface area contributed by atoms with Crippen molar-refractivity contribution in [2.75, 3.05) is 26.2 Å². The SMILES string of the molecule is CC(C)c1ccccc1/C=C/C(=O)N1CCC2CN(C(=O)c3ccc4n[nH]nc4c3)CC2CC1. The van der Waals surface area contributed by atoms with Gasteiger partial charge in [-0.05, 0) is 66.0 Å². The third-order valence-corrected chi connectivity index (χ3v) is 7.30. The highest BCUT2D eigenvalue weighted by atomic mass is 16.2. The Morgan fingerprint density at radius 2 is 1.68 bits per heavy atom. The zero-order valence-electron chi connectivity index (χ0n) is 19.8. The van der Waals surface area contributed by atoms with Crippen LogP contribution in [0.3, 0.4) is 0 Å². The second kappa shape index (κ2) is 9.41. The summed E-state index contributed by atoms with van der Waals surface area (Å²) < 4.78 is 0. The minimum Gasteiger partial charge on any atom is -0.339 e. The van der Waals surface area contributed by atoms with Gasteiger partial charge < -0.3 is 9.80 Å². The number of hydrogen-bond donors (Lipinski definition) is 1. The molecular formula is C27H31N5O2. The Balaban J connectivity index is 1.20. The molecule has 0 radical (unpaired) electrons. The van der Waals surface area contributed by atoms with Crippen molar-refractivity contribution in [1.82, 2.24) is 25.2 Å². The summed E-state index contributed by atoms with van der Waals surface area (Å²) in [4.78, 5) is 30.0. The van der Waals surface area contributed by atoms with Crippen LogP contribution in [-0.2, 0) is 4.79 Å². The molecule has 2 aromatic carbocycles. The average molecular weight is 458 g/mol. The van der Waals surface area contributed by atoms with Crippen molar-refractivity contribution in [2.45, 2.75) is 32.6 Å². The number of amides is 2. The molecule has 2 aliphatic rings. The van der Waals surface area contributed by atoms with Gasteiger partial charge in [-0.15, -0.1) is 0 Å². The van der Waals surface area contributed by atoms with Crippen molar-refractivity contribution in [3.8, 4) is 0 Å². The number of rotatable bonds is 4. The lowest BCUT2D eigenvalue weighted by atomic mass is 9.92. The Morgan fingerprint density at radius 1 is 0.971 bits per heavy atom. The average Bonchev–Trinajstić information content (AvgIpc) is 3.44.